The molecule has 3 aromatic rings. The molecule has 1 amide bonds. The van der Waals surface area contributed by atoms with Gasteiger partial charge in [0.2, 0.25) is 5.95 Å². The minimum Gasteiger partial charge on any atom is -0.364 e. The second kappa shape index (κ2) is 10.5. The molecule has 15 heteroatoms. The molecule has 0 aliphatic heterocycles. The van der Waals surface area contributed by atoms with Crippen LogP contribution in [0.15, 0.2) is 42.9 Å². The first-order valence-corrected chi connectivity index (χ1v) is 12.0. The number of benzene rings is 1. The molecule has 3 rings (SSSR count). The second-order valence-corrected chi connectivity index (χ2v) is 9.33. The minimum absolute atomic E-state index is 0.0996. The van der Waals surface area contributed by atoms with Crippen LogP contribution in [0.1, 0.15) is 21.6 Å². The van der Waals surface area contributed by atoms with Crippen LogP contribution in [0.2, 0.25) is 0 Å². The van der Waals surface area contributed by atoms with Gasteiger partial charge < -0.3 is 21.3 Å². The van der Waals surface area contributed by atoms with Crippen LogP contribution in [0, 0.1) is 0 Å². The van der Waals surface area contributed by atoms with E-state index in [4.69, 9.17) is 0 Å². The van der Waals surface area contributed by atoms with Gasteiger partial charge in [0.25, 0.3) is 5.91 Å². The van der Waals surface area contributed by atoms with E-state index >= 15 is 0 Å². The van der Waals surface area contributed by atoms with E-state index in [-0.39, 0.29) is 29.9 Å². The maximum absolute atomic E-state index is 13.5. The number of hydrogen-bond donors (Lipinski definition) is 4. The van der Waals surface area contributed by atoms with Crippen molar-refractivity contribution in [3.63, 3.8) is 0 Å². The highest BCUT2D eigenvalue weighted by molar-refractivity contribution is 7.90. The van der Waals surface area contributed by atoms with Crippen molar-refractivity contribution >= 4 is 39.0 Å². The van der Waals surface area contributed by atoms with Gasteiger partial charge in [0.1, 0.15) is 28.8 Å². The minimum atomic E-state index is -4.74. The summed E-state index contributed by atoms with van der Waals surface area (Å²) in [5.41, 5.74) is -0.0720. The van der Waals surface area contributed by atoms with Crippen LogP contribution in [0.5, 0.6) is 0 Å². The molecule has 1 aromatic carbocycles. The first-order valence-electron chi connectivity index (χ1n) is 9.95. The zero-order chi connectivity index (χ0) is 25.6. The molecule has 2 aromatic heterocycles. The topological polar surface area (TPSA) is 151 Å². The summed E-state index contributed by atoms with van der Waals surface area (Å²) in [6, 6.07) is 6.17. The number of aromatic nitrogens is 4. The predicted molar refractivity (Wildman–Crippen MR) is 123 cm³/mol. The summed E-state index contributed by atoms with van der Waals surface area (Å²) in [6.45, 7) is -0.236. The molecule has 0 unspecified atom stereocenters. The number of alkyl halides is 3. The smallest absolute Gasteiger partial charge is 0.364 e. The highest BCUT2D eigenvalue weighted by Gasteiger charge is 2.35. The molecule has 0 aliphatic carbocycles. The molecule has 2 heterocycles. The fourth-order valence-electron chi connectivity index (χ4n) is 2.77. The molecule has 35 heavy (non-hydrogen) atoms. The Kier molecular flexibility index (Phi) is 7.68. The van der Waals surface area contributed by atoms with E-state index in [1.54, 1.807) is 12.1 Å². The first kappa shape index (κ1) is 25.6. The number of carbonyl (C=O) groups excluding carboxylic acids is 1. The lowest BCUT2D eigenvalue weighted by Crippen LogP contribution is -2.18. The van der Waals surface area contributed by atoms with Crippen molar-refractivity contribution in [2.45, 2.75) is 12.7 Å². The highest BCUT2D eigenvalue weighted by atomic mass is 32.2. The molecule has 0 fully saturated rings. The third kappa shape index (κ3) is 7.23. The summed E-state index contributed by atoms with van der Waals surface area (Å²) in [7, 11) is -1.89. The Morgan fingerprint density at radius 1 is 1.00 bits per heavy atom. The number of rotatable bonds is 9. The van der Waals surface area contributed by atoms with E-state index in [0.29, 0.717) is 17.4 Å². The second-order valence-electron chi connectivity index (χ2n) is 7.19. The number of sulfone groups is 1. The van der Waals surface area contributed by atoms with Gasteiger partial charge in [-0.2, -0.15) is 18.2 Å². The van der Waals surface area contributed by atoms with Gasteiger partial charge in [-0.05, 0) is 24.3 Å². The van der Waals surface area contributed by atoms with E-state index in [9.17, 15) is 26.4 Å². The molecule has 0 atom stereocenters. The van der Waals surface area contributed by atoms with Crippen LogP contribution in [0.25, 0.3) is 0 Å². The molecule has 11 nitrogen and oxygen atoms in total. The average molecular weight is 511 g/mol. The molecule has 4 N–H and O–H groups in total. The van der Waals surface area contributed by atoms with Crippen molar-refractivity contribution in [2.75, 3.05) is 35.1 Å². The summed E-state index contributed by atoms with van der Waals surface area (Å²) in [5.74, 6) is -1.25. The van der Waals surface area contributed by atoms with E-state index in [1.807, 2.05) is 0 Å². The third-order valence-electron chi connectivity index (χ3n) is 4.42. The van der Waals surface area contributed by atoms with E-state index in [1.165, 1.54) is 31.6 Å². The first-order chi connectivity index (χ1) is 16.5. The van der Waals surface area contributed by atoms with Gasteiger partial charge in [0, 0.05) is 43.1 Å². The van der Waals surface area contributed by atoms with Crippen LogP contribution in [0.3, 0.4) is 0 Å². The SMILES string of the molecule is CNC(=O)c1ccc(Nc2ncc(C(F)(F)F)c(NCc3nccnc3NCS(C)(=O)=O)n2)cc1. The van der Waals surface area contributed by atoms with Gasteiger partial charge in [-0.25, -0.2) is 18.4 Å². The summed E-state index contributed by atoms with van der Waals surface area (Å²) in [4.78, 5) is 27.4. The Morgan fingerprint density at radius 2 is 1.69 bits per heavy atom. The Morgan fingerprint density at radius 3 is 2.31 bits per heavy atom. The lowest BCUT2D eigenvalue weighted by molar-refractivity contribution is -0.137. The van der Waals surface area contributed by atoms with Crippen molar-refractivity contribution in [1.82, 2.24) is 25.3 Å². The van der Waals surface area contributed by atoms with Crippen molar-refractivity contribution < 1.29 is 26.4 Å². The van der Waals surface area contributed by atoms with Gasteiger partial charge in [0.05, 0.1) is 6.54 Å². The molecule has 0 spiro atoms. The van der Waals surface area contributed by atoms with E-state index in [2.05, 4.69) is 41.2 Å². The number of amides is 1. The highest BCUT2D eigenvalue weighted by Crippen LogP contribution is 2.34. The fourth-order valence-corrected chi connectivity index (χ4v) is 3.17. The molecule has 0 radical (unpaired) electrons. The van der Waals surface area contributed by atoms with Gasteiger partial charge in [-0.15, -0.1) is 0 Å². The molecular formula is C20H21F3N8O3S. The summed E-state index contributed by atoms with van der Waals surface area (Å²) in [5, 5.41) is 10.4. The molecule has 186 valence electrons. The van der Waals surface area contributed by atoms with Crippen LogP contribution in [-0.2, 0) is 22.6 Å². The van der Waals surface area contributed by atoms with Gasteiger partial charge in [-0.3, -0.25) is 9.78 Å². The third-order valence-corrected chi connectivity index (χ3v) is 5.09. The molecule has 0 aliphatic rings. The summed E-state index contributed by atoms with van der Waals surface area (Å²) in [6.07, 6.45) is -0.447. The predicted octanol–water partition coefficient (Wildman–Crippen LogP) is 2.41. The number of nitrogens with zero attached hydrogens (tertiary/aromatic N) is 4. The van der Waals surface area contributed by atoms with Crippen molar-refractivity contribution in [2.24, 2.45) is 0 Å². The lowest BCUT2D eigenvalue weighted by atomic mass is 10.2. The monoisotopic (exact) mass is 510 g/mol. The Hall–Kier alpha value is -4.01. The van der Waals surface area contributed by atoms with Crippen molar-refractivity contribution in [1.29, 1.82) is 0 Å². The standard InChI is InChI=1S/C20H21F3N8O3S/c1-24-18(32)12-3-5-13(6-4-12)30-19-28-9-14(20(21,22)23)16(31-19)27-10-15-17(26-8-7-25-15)29-11-35(2,33)34/h3-9H,10-11H2,1-2H3,(H,24,32)(H,26,29)(H2,27,28,30,31). The molecular weight excluding hydrogens is 489 g/mol. The number of halogens is 3. The Bertz CT molecular complexity index is 1300. The maximum Gasteiger partial charge on any atom is 0.421 e. The van der Waals surface area contributed by atoms with E-state index in [0.717, 1.165) is 6.26 Å². The average Bonchev–Trinajstić information content (AvgIpc) is 2.81. The Labute approximate surface area is 198 Å². The summed E-state index contributed by atoms with van der Waals surface area (Å²) >= 11 is 0. The molecule has 0 bridgehead atoms. The largest absolute Gasteiger partial charge is 0.421 e. The van der Waals surface area contributed by atoms with E-state index < -0.39 is 33.3 Å². The van der Waals surface area contributed by atoms with Crippen LogP contribution < -0.4 is 21.3 Å². The molecule has 0 saturated heterocycles. The fraction of sp³-hybridized carbons (Fsp3) is 0.250. The zero-order valence-corrected chi connectivity index (χ0v) is 19.3. The quantitative estimate of drug-likeness (QED) is 0.338. The Balaban J connectivity index is 1.82. The van der Waals surface area contributed by atoms with Gasteiger partial charge in [0.15, 0.2) is 9.84 Å². The van der Waals surface area contributed by atoms with Crippen molar-refractivity contribution in [3.8, 4) is 0 Å². The number of anilines is 4. The van der Waals surface area contributed by atoms with Crippen LogP contribution in [0.4, 0.5) is 36.4 Å². The van der Waals surface area contributed by atoms with Gasteiger partial charge >= 0.3 is 6.18 Å². The number of hydrogen-bond acceptors (Lipinski definition) is 10. The number of nitrogens with one attached hydrogen (secondary N) is 4. The van der Waals surface area contributed by atoms with Gasteiger partial charge in [-0.1, -0.05) is 0 Å². The zero-order valence-electron chi connectivity index (χ0n) is 18.5. The summed E-state index contributed by atoms with van der Waals surface area (Å²) < 4.78 is 63.4. The van der Waals surface area contributed by atoms with Crippen LogP contribution >= 0.6 is 0 Å². The van der Waals surface area contributed by atoms with Crippen molar-refractivity contribution in [3.05, 3.63) is 59.7 Å². The molecule has 0 saturated carbocycles. The van der Waals surface area contributed by atoms with Crippen LogP contribution in [-0.4, -0.2) is 53.4 Å². The maximum atomic E-state index is 13.5. The number of carbonyl (C=O) groups is 1. The lowest BCUT2D eigenvalue weighted by Gasteiger charge is -2.16. The normalized spacial score (nSPS) is 11.6.